The number of rotatable bonds is 9. The molecular weight excluding hydrogens is 470 g/mol. The number of carbonyl (C=O) groups excluding carboxylic acids is 3. The van der Waals surface area contributed by atoms with E-state index in [1.165, 1.54) is 14.2 Å². The molecule has 0 spiro atoms. The Labute approximate surface area is 207 Å². The molecule has 0 fully saturated rings. The summed E-state index contributed by atoms with van der Waals surface area (Å²) in [6.45, 7) is 2.42. The number of allylic oxidation sites excluding steroid dienone is 1. The second kappa shape index (κ2) is 11.9. The Hall–Kier alpha value is -3.97. The lowest BCUT2D eigenvalue weighted by Gasteiger charge is -2.31. The van der Waals surface area contributed by atoms with Gasteiger partial charge in [-0.1, -0.05) is 23.9 Å². The fourth-order valence-electron chi connectivity index (χ4n) is 3.63. The van der Waals surface area contributed by atoms with Gasteiger partial charge in [-0.05, 0) is 48.9 Å². The third-order valence-electron chi connectivity index (χ3n) is 5.26. The van der Waals surface area contributed by atoms with Crippen LogP contribution in [-0.2, 0) is 19.1 Å². The van der Waals surface area contributed by atoms with Crippen LogP contribution in [0.25, 0.3) is 0 Å². The van der Waals surface area contributed by atoms with Crippen LogP contribution < -0.4 is 20.1 Å². The number of anilines is 1. The van der Waals surface area contributed by atoms with Gasteiger partial charge in [0.25, 0.3) is 0 Å². The Kier molecular flexibility index (Phi) is 8.75. The van der Waals surface area contributed by atoms with Crippen molar-refractivity contribution in [3.63, 3.8) is 0 Å². The van der Waals surface area contributed by atoms with Gasteiger partial charge in [0.2, 0.25) is 11.8 Å². The summed E-state index contributed by atoms with van der Waals surface area (Å²) in [5.41, 5.74) is 1.33. The van der Waals surface area contributed by atoms with E-state index in [9.17, 15) is 19.6 Å². The van der Waals surface area contributed by atoms with Crippen LogP contribution in [0.5, 0.6) is 11.5 Å². The monoisotopic (exact) mass is 495 g/mol. The van der Waals surface area contributed by atoms with Crippen LogP contribution in [0.1, 0.15) is 18.4 Å². The van der Waals surface area contributed by atoms with Crippen molar-refractivity contribution in [3.05, 3.63) is 64.7 Å². The van der Waals surface area contributed by atoms with Gasteiger partial charge in [-0.15, -0.1) is 0 Å². The molecule has 0 radical (unpaired) electrons. The Morgan fingerprint density at radius 3 is 2.31 bits per heavy atom. The zero-order valence-electron chi connectivity index (χ0n) is 19.5. The van der Waals surface area contributed by atoms with Crippen molar-refractivity contribution >= 4 is 35.2 Å². The highest BCUT2D eigenvalue weighted by Gasteiger charge is 2.44. The smallest absolute Gasteiger partial charge is 0.319 e. The van der Waals surface area contributed by atoms with E-state index >= 15 is 0 Å². The topological polar surface area (TPSA) is 127 Å². The highest BCUT2D eigenvalue weighted by atomic mass is 32.2. The van der Waals surface area contributed by atoms with Crippen LogP contribution in [0.4, 0.5) is 5.69 Å². The lowest BCUT2D eigenvalue weighted by Crippen LogP contribution is -2.44. The second-order valence-corrected chi connectivity index (χ2v) is 8.38. The van der Waals surface area contributed by atoms with E-state index in [1.807, 2.05) is 6.92 Å². The largest absolute Gasteiger partial charge is 0.497 e. The third-order valence-corrected chi connectivity index (χ3v) is 6.27. The number of hydrogen-bond donors (Lipinski definition) is 2. The van der Waals surface area contributed by atoms with Gasteiger partial charge in [-0.2, -0.15) is 5.26 Å². The van der Waals surface area contributed by atoms with Gasteiger partial charge in [0, 0.05) is 11.6 Å². The Balaban J connectivity index is 1.82. The molecule has 0 saturated carbocycles. The molecule has 2 amide bonds. The second-order valence-electron chi connectivity index (χ2n) is 7.39. The molecule has 10 heteroatoms. The Morgan fingerprint density at radius 1 is 1.09 bits per heavy atom. The minimum absolute atomic E-state index is 0.0633. The molecule has 0 aliphatic carbocycles. The van der Waals surface area contributed by atoms with Crippen molar-refractivity contribution in [2.75, 3.05) is 31.9 Å². The molecule has 35 heavy (non-hydrogen) atoms. The minimum atomic E-state index is -1.25. The maximum Gasteiger partial charge on any atom is 0.319 e. The van der Waals surface area contributed by atoms with Crippen LogP contribution in [-0.4, -0.2) is 44.4 Å². The van der Waals surface area contributed by atoms with Gasteiger partial charge < -0.3 is 24.8 Å². The van der Waals surface area contributed by atoms with Crippen molar-refractivity contribution < 1.29 is 28.6 Å². The normalized spacial score (nSPS) is 17.1. The van der Waals surface area contributed by atoms with Crippen LogP contribution in [0.15, 0.2) is 59.1 Å². The molecule has 0 saturated heterocycles. The first-order valence-corrected chi connectivity index (χ1v) is 11.7. The molecular formula is C25H25N3O6S. The first-order valence-electron chi connectivity index (χ1n) is 10.7. The van der Waals surface area contributed by atoms with Crippen molar-refractivity contribution in [1.82, 2.24) is 5.32 Å². The summed E-state index contributed by atoms with van der Waals surface area (Å²) in [5.74, 6) is -2.58. The van der Waals surface area contributed by atoms with Gasteiger partial charge in [0.05, 0.1) is 43.3 Å². The maximum absolute atomic E-state index is 12.9. The maximum atomic E-state index is 12.9. The molecule has 2 N–H and O–H groups in total. The fraction of sp³-hybridized carbons (Fsp3) is 0.280. The van der Waals surface area contributed by atoms with E-state index in [2.05, 4.69) is 16.7 Å². The average Bonchev–Trinajstić information content (AvgIpc) is 2.88. The van der Waals surface area contributed by atoms with E-state index < -0.39 is 23.7 Å². The van der Waals surface area contributed by atoms with Gasteiger partial charge in [-0.25, -0.2) is 0 Å². The highest BCUT2D eigenvalue weighted by molar-refractivity contribution is 8.03. The Morgan fingerprint density at radius 2 is 1.74 bits per heavy atom. The summed E-state index contributed by atoms with van der Waals surface area (Å²) in [6.07, 6.45) is 0. The van der Waals surface area contributed by atoms with Crippen molar-refractivity contribution in [2.24, 2.45) is 5.92 Å². The Bertz CT molecular complexity index is 1160. The van der Waals surface area contributed by atoms with Crippen molar-refractivity contribution in [1.29, 1.82) is 5.26 Å². The molecule has 0 aromatic heterocycles. The number of esters is 1. The van der Waals surface area contributed by atoms with Gasteiger partial charge in [0.1, 0.15) is 17.4 Å². The molecule has 9 nitrogen and oxygen atoms in total. The van der Waals surface area contributed by atoms with E-state index in [-0.39, 0.29) is 22.3 Å². The molecule has 2 aromatic rings. The summed E-state index contributed by atoms with van der Waals surface area (Å²) in [7, 11) is 2.71. The van der Waals surface area contributed by atoms with Crippen LogP contribution in [0.3, 0.4) is 0 Å². The molecule has 1 aliphatic rings. The number of benzene rings is 2. The predicted molar refractivity (Wildman–Crippen MR) is 131 cm³/mol. The lowest BCUT2D eigenvalue weighted by atomic mass is 9.78. The molecule has 1 heterocycles. The number of nitrogens with zero attached hydrogens (tertiary/aromatic N) is 1. The number of carbonyl (C=O) groups is 3. The van der Waals surface area contributed by atoms with Crippen LogP contribution in [0.2, 0.25) is 0 Å². The standard InChI is InChI=1S/C25H25N3O6S/c1-4-34-18-11-7-16(8-12-18)27-20(29)14-35-24-19(13-26)21(15-5-9-17(32-2)10-6-15)22(23(30)28-24)25(31)33-3/h5-12,21-22H,4,14H2,1-3H3,(H,27,29)(H,28,30)/t21-,22+/m1/s1. The van der Waals surface area contributed by atoms with E-state index in [0.29, 0.717) is 29.4 Å². The van der Waals surface area contributed by atoms with Gasteiger partial charge in [0.15, 0.2) is 0 Å². The summed E-state index contributed by atoms with van der Waals surface area (Å²) in [6, 6.07) is 15.8. The van der Waals surface area contributed by atoms with E-state index in [0.717, 1.165) is 11.8 Å². The molecule has 2 aromatic carbocycles. The fourth-order valence-corrected chi connectivity index (χ4v) is 4.48. The summed E-state index contributed by atoms with van der Waals surface area (Å²) < 4.78 is 15.4. The van der Waals surface area contributed by atoms with Crippen molar-refractivity contribution in [3.8, 4) is 17.6 Å². The number of hydrogen-bond acceptors (Lipinski definition) is 8. The highest BCUT2D eigenvalue weighted by Crippen LogP contribution is 2.40. The molecule has 182 valence electrons. The van der Waals surface area contributed by atoms with E-state index in [1.54, 1.807) is 48.5 Å². The molecule has 3 rings (SSSR count). The van der Waals surface area contributed by atoms with Crippen molar-refractivity contribution in [2.45, 2.75) is 12.8 Å². The number of ether oxygens (including phenoxy) is 3. The number of methoxy groups -OCH3 is 2. The number of amides is 2. The average molecular weight is 496 g/mol. The quantitative estimate of drug-likeness (QED) is 0.401. The van der Waals surface area contributed by atoms with Gasteiger partial charge >= 0.3 is 5.97 Å². The molecule has 1 aliphatic heterocycles. The zero-order valence-corrected chi connectivity index (χ0v) is 20.3. The lowest BCUT2D eigenvalue weighted by molar-refractivity contribution is -0.150. The molecule has 0 bridgehead atoms. The van der Waals surface area contributed by atoms with Crippen LogP contribution in [0, 0.1) is 17.2 Å². The predicted octanol–water partition coefficient (Wildman–Crippen LogP) is 3.20. The third kappa shape index (κ3) is 6.13. The number of thioether (sulfide) groups is 1. The summed E-state index contributed by atoms with van der Waals surface area (Å²) in [4.78, 5) is 37.9. The van der Waals surface area contributed by atoms with Gasteiger partial charge in [-0.3, -0.25) is 14.4 Å². The SMILES string of the molecule is CCOc1ccc(NC(=O)CSC2=C(C#N)[C@@H](c3ccc(OC)cc3)[C@H](C(=O)OC)C(=O)N2)cc1. The molecule has 0 unspecified atom stereocenters. The number of nitriles is 1. The molecule has 2 atom stereocenters. The first kappa shape index (κ1) is 25.6. The van der Waals surface area contributed by atoms with E-state index in [4.69, 9.17) is 14.2 Å². The van der Waals surface area contributed by atoms with Crippen LogP contribution >= 0.6 is 11.8 Å². The summed E-state index contributed by atoms with van der Waals surface area (Å²) in [5, 5.41) is 15.6. The summed E-state index contributed by atoms with van der Waals surface area (Å²) >= 11 is 1.01. The minimum Gasteiger partial charge on any atom is -0.497 e. The zero-order chi connectivity index (χ0) is 25.4. The number of nitrogens with one attached hydrogen (secondary N) is 2. The first-order chi connectivity index (χ1) is 16.9.